The molecule has 0 heterocycles. The number of nitrogens with one attached hydrogen (secondary N) is 1. The van der Waals surface area contributed by atoms with Gasteiger partial charge in [0.25, 0.3) is 15.9 Å². The van der Waals surface area contributed by atoms with Gasteiger partial charge in [-0.1, -0.05) is 41.9 Å². The second-order valence-electron chi connectivity index (χ2n) is 6.45. The quantitative estimate of drug-likeness (QED) is 0.542. The molecule has 5 nitrogen and oxygen atoms in total. The first-order valence-electron chi connectivity index (χ1n) is 8.83. The van der Waals surface area contributed by atoms with E-state index in [0.29, 0.717) is 6.07 Å². The molecule has 3 rings (SSSR count). The molecule has 0 bridgehead atoms. The summed E-state index contributed by atoms with van der Waals surface area (Å²) in [5.74, 6) is -0.777. The molecule has 0 unspecified atom stereocenters. The molecule has 10 heteroatoms. The molecule has 0 atom stereocenters. The van der Waals surface area contributed by atoms with E-state index in [-0.39, 0.29) is 21.8 Å². The van der Waals surface area contributed by atoms with Crippen LogP contribution in [0.15, 0.2) is 77.7 Å². The van der Waals surface area contributed by atoms with Crippen LogP contribution in [-0.4, -0.2) is 21.4 Å². The number of carbonyl (C=O) groups excluding carboxylic acids is 1. The Morgan fingerprint density at radius 1 is 0.968 bits per heavy atom. The Morgan fingerprint density at radius 2 is 1.58 bits per heavy atom. The van der Waals surface area contributed by atoms with Crippen molar-refractivity contribution in [2.75, 3.05) is 16.7 Å². The molecule has 31 heavy (non-hydrogen) atoms. The third kappa shape index (κ3) is 4.83. The molecule has 0 saturated carbocycles. The summed E-state index contributed by atoms with van der Waals surface area (Å²) in [7, 11) is -2.68. The monoisotopic (exact) mass is 468 g/mol. The van der Waals surface area contributed by atoms with Crippen molar-refractivity contribution in [2.45, 2.75) is 11.1 Å². The summed E-state index contributed by atoms with van der Waals surface area (Å²) >= 11 is 5.60. The molecule has 0 fully saturated rings. The van der Waals surface area contributed by atoms with Crippen LogP contribution >= 0.6 is 11.6 Å². The van der Waals surface area contributed by atoms with E-state index in [1.54, 1.807) is 24.3 Å². The Labute approximate surface area is 182 Å². The van der Waals surface area contributed by atoms with Crippen LogP contribution in [0.4, 0.5) is 24.5 Å². The van der Waals surface area contributed by atoms with Crippen molar-refractivity contribution in [1.82, 2.24) is 0 Å². The number of anilines is 2. The van der Waals surface area contributed by atoms with Gasteiger partial charge in [-0.3, -0.25) is 9.10 Å². The van der Waals surface area contributed by atoms with Crippen molar-refractivity contribution in [3.05, 3.63) is 88.9 Å². The van der Waals surface area contributed by atoms with E-state index >= 15 is 0 Å². The molecule has 0 aromatic heterocycles. The Hall–Kier alpha value is -3.04. The summed E-state index contributed by atoms with van der Waals surface area (Å²) in [6.45, 7) is 0. The van der Waals surface area contributed by atoms with Gasteiger partial charge in [-0.2, -0.15) is 13.2 Å². The first-order valence-corrected chi connectivity index (χ1v) is 10.6. The molecule has 3 aromatic carbocycles. The number of sulfonamides is 1. The topological polar surface area (TPSA) is 66.5 Å². The van der Waals surface area contributed by atoms with Crippen molar-refractivity contribution in [1.29, 1.82) is 0 Å². The molecule has 3 aromatic rings. The maximum Gasteiger partial charge on any atom is 0.417 e. The lowest BCUT2D eigenvalue weighted by Gasteiger charge is -2.22. The number of benzene rings is 3. The minimum Gasteiger partial charge on any atom is -0.322 e. The number of hydrogen-bond donors (Lipinski definition) is 1. The highest BCUT2D eigenvalue weighted by atomic mass is 35.5. The molecular formula is C21H16ClF3N2O3S. The lowest BCUT2D eigenvalue weighted by atomic mass is 10.1. The lowest BCUT2D eigenvalue weighted by Crippen LogP contribution is -2.29. The predicted octanol–water partition coefficient (Wildman–Crippen LogP) is 5.44. The molecule has 1 amide bonds. The Morgan fingerprint density at radius 3 is 2.23 bits per heavy atom. The largest absolute Gasteiger partial charge is 0.417 e. The zero-order chi connectivity index (χ0) is 22.8. The third-order valence-corrected chi connectivity index (χ3v) is 6.53. The number of hydrogen-bond acceptors (Lipinski definition) is 3. The Kier molecular flexibility index (Phi) is 6.28. The molecule has 0 saturated heterocycles. The molecule has 162 valence electrons. The summed E-state index contributed by atoms with van der Waals surface area (Å²) in [6, 6.07) is 16.5. The second kappa shape index (κ2) is 8.60. The lowest BCUT2D eigenvalue weighted by molar-refractivity contribution is -0.137. The van der Waals surface area contributed by atoms with Crippen molar-refractivity contribution in [3.8, 4) is 0 Å². The third-order valence-electron chi connectivity index (χ3n) is 4.42. The van der Waals surface area contributed by atoms with Gasteiger partial charge in [-0.05, 0) is 42.5 Å². The number of para-hydroxylation sites is 1. The molecule has 0 spiro atoms. The summed E-state index contributed by atoms with van der Waals surface area (Å²) in [5, 5.41) is 1.86. The molecule has 0 aliphatic carbocycles. The van der Waals surface area contributed by atoms with Crippen molar-refractivity contribution < 1.29 is 26.4 Å². The first kappa shape index (κ1) is 22.6. The van der Waals surface area contributed by atoms with Crippen LogP contribution in [0.1, 0.15) is 15.9 Å². The summed E-state index contributed by atoms with van der Waals surface area (Å²) in [6.07, 6.45) is -4.69. The zero-order valence-electron chi connectivity index (χ0n) is 16.0. The molecule has 0 radical (unpaired) electrons. The first-order chi connectivity index (χ1) is 14.5. The van der Waals surface area contributed by atoms with Gasteiger partial charge in [0.05, 0.1) is 26.7 Å². The van der Waals surface area contributed by atoms with Gasteiger partial charge in [-0.25, -0.2) is 8.42 Å². The van der Waals surface area contributed by atoms with E-state index < -0.39 is 32.7 Å². The van der Waals surface area contributed by atoms with E-state index in [1.807, 2.05) is 0 Å². The molecule has 1 N–H and O–H groups in total. The number of carbonyl (C=O) groups is 1. The highest BCUT2D eigenvalue weighted by molar-refractivity contribution is 7.92. The van der Waals surface area contributed by atoms with E-state index in [2.05, 4.69) is 5.32 Å². The van der Waals surface area contributed by atoms with Gasteiger partial charge in [0, 0.05) is 12.7 Å². The van der Waals surface area contributed by atoms with E-state index in [9.17, 15) is 26.4 Å². The smallest absolute Gasteiger partial charge is 0.322 e. The van der Waals surface area contributed by atoms with E-state index in [4.69, 9.17) is 11.6 Å². The number of rotatable bonds is 5. The van der Waals surface area contributed by atoms with E-state index in [0.717, 1.165) is 10.4 Å². The van der Waals surface area contributed by atoms with Crippen LogP contribution < -0.4 is 9.62 Å². The van der Waals surface area contributed by atoms with Crippen LogP contribution in [0.25, 0.3) is 0 Å². The average Bonchev–Trinajstić information content (AvgIpc) is 2.74. The summed E-state index contributed by atoms with van der Waals surface area (Å²) in [4.78, 5) is 12.8. The summed E-state index contributed by atoms with van der Waals surface area (Å²) in [5.41, 5.74) is -1.20. The van der Waals surface area contributed by atoms with E-state index in [1.165, 1.54) is 43.4 Å². The normalized spacial score (nSPS) is 11.8. The Balaban J connectivity index is 1.95. The molecule has 0 aliphatic rings. The van der Waals surface area contributed by atoms with Gasteiger partial charge in [0.15, 0.2) is 0 Å². The average molecular weight is 469 g/mol. The fourth-order valence-electron chi connectivity index (χ4n) is 2.84. The minimum absolute atomic E-state index is 0.0280. The predicted molar refractivity (Wildman–Crippen MR) is 113 cm³/mol. The molecular weight excluding hydrogens is 453 g/mol. The van der Waals surface area contributed by atoms with Crippen molar-refractivity contribution >= 4 is 38.9 Å². The van der Waals surface area contributed by atoms with Crippen LogP contribution in [0, 0.1) is 0 Å². The standard InChI is InChI=1S/C21H16ClF3N2O3S/c1-27(31(29,30)15-7-3-2-4-8-15)19-10-6-5-9-16(19)20(28)26-14-11-12-18(22)17(13-14)21(23,24)25/h2-13H,1H3,(H,26,28). The number of halogens is 4. The summed E-state index contributed by atoms with van der Waals surface area (Å²) < 4.78 is 66.0. The maximum absolute atomic E-state index is 13.1. The van der Waals surface area contributed by atoms with Gasteiger partial charge in [0.1, 0.15) is 0 Å². The van der Waals surface area contributed by atoms with Crippen LogP contribution in [0.2, 0.25) is 5.02 Å². The van der Waals surface area contributed by atoms with Crippen molar-refractivity contribution in [2.24, 2.45) is 0 Å². The van der Waals surface area contributed by atoms with Crippen molar-refractivity contribution in [3.63, 3.8) is 0 Å². The number of amides is 1. The molecule has 0 aliphatic heterocycles. The minimum atomic E-state index is -4.69. The second-order valence-corrected chi connectivity index (χ2v) is 8.83. The van der Waals surface area contributed by atoms with Crippen LogP contribution in [0.3, 0.4) is 0 Å². The van der Waals surface area contributed by atoms with Gasteiger partial charge in [0.2, 0.25) is 0 Å². The van der Waals surface area contributed by atoms with Gasteiger partial charge >= 0.3 is 6.18 Å². The number of nitrogens with zero attached hydrogens (tertiary/aromatic N) is 1. The SMILES string of the molecule is CN(c1ccccc1C(=O)Nc1ccc(Cl)c(C(F)(F)F)c1)S(=O)(=O)c1ccccc1. The maximum atomic E-state index is 13.1. The highest BCUT2D eigenvalue weighted by Gasteiger charge is 2.33. The highest BCUT2D eigenvalue weighted by Crippen LogP contribution is 2.36. The van der Waals surface area contributed by atoms with Crippen LogP contribution in [-0.2, 0) is 16.2 Å². The zero-order valence-corrected chi connectivity index (χ0v) is 17.6. The Bertz CT molecular complexity index is 1220. The van der Waals surface area contributed by atoms with Crippen LogP contribution in [0.5, 0.6) is 0 Å². The fraction of sp³-hybridized carbons (Fsp3) is 0.0952. The van der Waals surface area contributed by atoms with Gasteiger partial charge < -0.3 is 5.32 Å². The fourth-order valence-corrected chi connectivity index (χ4v) is 4.30. The van der Waals surface area contributed by atoms with Gasteiger partial charge in [-0.15, -0.1) is 0 Å². The number of alkyl halides is 3.